The molecule has 0 fully saturated rings. The van der Waals surface area contributed by atoms with E-state index in [-0.39, 0.29) is 11.6 Å². The standard InChI is InChI=1S/C27H20O5/c1-15-25-22(28)13-12-20(27(29)26(25)16(2)31-15)21-14-24(17-8-10-18(30-3)11-9-17)32-23-7-5-4-6-19(21)23/h4-14H,1-3H3. The Hall–Kier alpha value is -4.12. The summed E-state index contributed by atoms with van der Waals surface area (Å²) in [6, 6.07) is 15.0. The van der Waals surface area contributed by atoms with Gasteiger partial charge in [0.25, 0.3) is 0 Å². The lowest BCUT2D eigenvalue weighted by Crippen LogP contribution is -2.10. The zero-order chi connectivity index (χ0) is 22.4. The minimum atomic E-state index is -0.242. The van der Waals surface area contributed by atoms with Gasteiger partial charge < -0.3 is 13.9 Å². The van der Waals surface area contributed by atoms with Crippen LogP contribution in [0.4, 0.5) is 0 Å². The average molecular weight is 424 g/mol. The second-order valence-electron chi connectivity index (χ2n) is 7.65. The van der Waals surface area contributed by atoms with Crippen LogP contribution in [0.5, 0.6) is 11.5 Å². The minimum Gasteiger partial charge on any atom is -0.497 e. The first-order chi connectivity index (χ1) is 15.5. The van der Waals surface area contributed by atoms with Gasteiger partial charge in [-0.25, -0.2) is 0 Å². The Morgan fingerprint density at radius 2 is 1.53 bits per heavy atom. The van der Waals surface area contributed by atoms with E-state index >= 15 is 0 Å². The fraction of sp³-hybridized carbons (Fsp3) is 0.111. The van der Waals surface area contributed by atoms with Crippen LogP contribution in [-0.4, -0.2) is 18.7 Å². The second-order valence-corrected chi connectivity index (χ2v) is 7.65. The molecule has 2 aliphatic rings. The number of furan rings is 1. The van der Waals surface area contributed by atoms with Gasteiger partial charge in [-0.3, -0.25) is 9.59 Å². The van der Waals surface area contributed by atoms with Crippen LogP contribution in [0.25, 0.3) is 11.3 Å². The van der Waals surface area contributed by atoms with E-state index in [4.69, 9.17) is 13.9 Å². The van der Waals surface area contributed by atoms with Crippen molar-refractivity contribution >= 4 is 22.9 Å². The van der Waals surface area contributed by atoms with E-state index in [1.54, 1.807) is 27.0 Å². The van der Waals surface area contributed by atoms with Gasteiger partial charge in [0.1, 0.15) is 28.8 Å². The van der Waals surface area contributed by atoms with Gasteiger partial charge in [0.15, 0.2) is 11.6 Å². The molecule has 0 spiro atoms. The largest absolute Gasteiger partial charge is 0.497 e. The van der Waals surface area contributed by atoms with Gasteiger partial charge in [-0.1, -0.05) is 18.2 Å². The molecule has 3 aromatic rings. The average Bonchev–Trinajstić information content (AvgIpc) is 3.04. The van der Waals surface area contributed by atoms with Crippen molar-refractivity contribution in [2.75, 3.05) is 7.11 Å². The van der Waals surface area contributed by atoms with Crippen LogP contribution in [-0.2, 0) is 0 Å². The molecule has 1 aliphatic carbocycles. The number of Topliss-reactive ketones (excluding diaryl/α,β-unsaturated/α-hetero) is 1. The third kappa shape index (κ3) is 3.10. The van der Waals surface area contributed by atoms with Crippen molar-refractivity contribution < 1.29 is 23.5 Å². The number of ketones is 2. The highest BCUT2D eigenvalue weighted by Crippen LogP contribution is 2.41. The molecule has 0 bridgehead atoms. The number of para-hydroxylation sites is 1. The van der Waals surface area contributed by atoms with Crippen molar-refractivity contribution in [2.24, 2.45) is 0 Å². The Morgan fingerprint density at radius 1 is 0.812 bits per heavy atom. The highest BCUT2D eigenvalue weighted by Gasteiger charge is 2.31. The van der Waals surface area contributed by atoms with Crippen molar-refractivity contribution in [3.05, 3.63) is 106 Å². The quantitative estimate of drug-likeness (QED) is 0.492. The molecule has 5 nitrogen and oxygen atoms in total. The molecule has 0 saturated heterocycles. The Labute approximate surface area is 185 Å². The third-order valence-electron chi connectivity index (χ3n) is 5.72. The summed E-state index contributed by atoms with van der Waals surface area (Å²) in [5.74, 6) is 2.40. The molecule has 0 amide bonds. The molecular formula is C27H20O5. The smallest absolute Gasteiger partial charge is 0.197 e. The summed E-state index contributed by atoms with van der Waals surface area (Å²) in [5.41, 5.74) is 3.39. The molecule has 0 N–H and O–H groups in total. The van der Waals surface area contributed by atoms with Crippen molar-refractivity contribution in [3.8, 4) is 11.5 Å². The summed E-state index contributed by atoms with van der Waals surface area (Å²) in [6.07, 6.45) is 4.88. The summed E-state index contributed by atoms with van der Waals surface area (Å²) in [4.78, 5) is 26.4. The summed E-state index contributed by atoms with van der Waals surface area (Å²) < 4.78 is 17.0. The topological polar surface area (TPSA) is 65.7 Å². The number of fused-ring (bicyclic) bond motifs is 2. The molecular weight excluding hydrogens is 404 g/mol. The van der Waals surface area contributed by atoms with Crippen LogP contribution in [0.1, 0.15) is 43.4 Å². The summed E-state index contributed by atoms with van der Waals surface area (Å²) in [5, 5.41) is 0. The fourth-order valence-electron chi connectivity index (χ4n) is 4.17. The van der Waals surface area contributed by atoms with Gasteiger partial charge in [0.2, 0.25) is 0 Å². The maximum absolute atomic E-state index is 13.6. The SMILES string of the molecule is COc1ccc(C2=CC(=C3C=CC(=O)c4c(C)oc(C)c4C3=O)c3ccccc3O2)cc1. The van der Waals surface area contributed by atoms with Crippen LogP contribution in [0.2, 0.25) is 0 Å². The zero-order valence-electron chi connectivity index (χ0n) is 17.9. The highest BCUT2D eigenvalue weighted by molar-refractivity contribution is 6.25. The van der Waals surface area contributed by atoms with Crippen LogP contribution >= 0.6 is 0 Å². The summed E-state index contributed by atoms with van der Waals surface area (Å²) in [6.45, 7) is 3.41. The third-order valence-corrected chi connectivity index (χ3v) is 5.72. The Bertz CT molecular complexity index is 1360. The molecule has 0 saturated carbocycles. The van der Waals surface area contributed by atoms with Gasteiger partial charge in [0, 0.05) is 22.3 Å². The molecule has 0 atom stereocenters. The molecule has 5 rings (SSSR count). The number of carbonyl (C=O) groups is 2. The summed E-state index contributed by atoms with van der Waals surface area (Å²) >= 11 is 0. The van der Waals surface area contributed by atoms with E-state index in [0.29, 0.717) is 45.3 Å². The first kappa shape index (κ1) is 19.8. The predicted molar refractivity (Wildman–Crippen MR) is 121 cm³/mol. The van der Waals surface area contributed by atoms with Crippen molar-refractivity contribution in [1.29, 1.82) is 0 Å². The lowest BCUT2D eigenvalue weighted by Gasteiger charge is -2.22. The molecule has 1 aliphatic heterocycles. The van der Waals surface area contributed by atoms with E-state index in [0.717, 1.165) is 16.9 Å². The number of hydrogen-bond donors (Lipinski definition) is 0. The Kier molecular flexibility index (Phi) is 4.67. The number of ether oxygens (including phenoxy) is 2. The fourth-order valence-corrected chi connectivity index (χ4v) is 4.17. The molecule has 2 heterocycles. The zero-order valence-corrected chi connectivity index (χ0v) is 17.9. The number of aryl methyl sites for hydroxylation is 2. The van der Waals surface area contributed by atoms with Crippen LogP contribution in [0, 0.1) is 13.8 Å². The number of hydrogen-bond acceptors (Lipinski definition) is 5. The molecule has 1 aromatic heterocycles. The maximum Gasteiger partial charge on any atom is 0.197 e. The van der Waals surface area contributed by atoms with Gasteiger partial charge in [-0.05, 0) is 62.4 Å². The summed E-state index contributed by atoms with van der Waals surface area (Å²) in [7, 11) is 1.61. The maximum atomic E-state index is 13.6. The normalized spacial score (nSPS) is 17.3. The molecule has 0 unspecified atom stereocenters. The van der Waals surface area contributed by atoms with Gasteiger partial charge in [-0.2, -0.15) is 0 Å². The molecule has 5 heteroatoms. The number of allylic oxidation sites excluding steroid dienone is 5. The first-order valence-corrected chi connectivity index (χ1v) is 10.2. The number of benzene rings is 2. The van der Waals surface area contributed by atoms with Gasteiger partial charge in [-0.15, -0.1) is 0 Å². The molecule has 32 heavy (non-hydrogen) atoms. The molecule has 0 radical (unpaired) electrons. The van der Waals surface area contributed by atoms with E-state index in [9.17, 15) is 9.59 Å². The minimum absolute atomic E-state index is 0.238. The molecule has 2 aromatic carbocycles. The first-order valence-electron chi connectivity index (χ1n) is 10.2. The van der Waals surface area contributed by atoms with Gasteiger partial charge in [0.05, 0.1) is 18.2 Å². The number of rotatable bonds is 2. The van der Waals surface area contributed by atoms with Crippen molar-refractivity contribution in [2.45, 2.75) is 13.8 Å². The predicted octanol–water partition coefficient (Wildman–Crippen LogP) is 5.73. The van der Waals surface area contributed by atoms with Crippen LogP contribution < -0.4 is 9.47 Å². The number of methoxy groups -OCH3 is 1. The van der Waals surface area contributed by atoms with E-state index < -0.39 is 0 Å². The van der Waals surface area contributed by atoms with Crippen LogP contribution in [0.15, 0.2) is 76.7 Å². The number of carbonyl (C=O) groups excluding carboxylic acids is 2. The van der Waals surface area contributed by atoms with E-state index in [1.807, 2.05) is 54.6 Å². The van der Waals surface area contributed by atoms with E-state index in [1.165, 1.54) is 6.08 Å². The Balaban J connectivity index is 1.74. The van der Waals surface area contributed by atoms with Crippen molar-refractivity contribution in [3.63, 3.8) is 0 Å². The van der Waals surface area contributed by atoms with E-state index in [2.05, 4.69) is 0 Å². The Morgan fingerprint density at radius 3 is 2.28 bits per heavy atom. The highest BCUT2D eigenvalue weighted by atomic mass is 16.5. The lowest BCUT2D eigenvalue weighted by atomic mass is 9.90. The lowest BCUT2D eigenvalue weighted by molar-refractivity contribution is 0.101. The van der Waals surface area contributed by atoms with Crippen molar-refractivity contribution in [1.82, 2.24) is 0 Å². The second kappa shape index (κ2) is 7.54. The molecule has 158 valence electrons. The van der Waals surface area contributed by atoms with Crippen LogP contribution in [0.3, 0.4) is 0 Å². The van der Waals surface area contributed by atoms with Gasteiger partial charge >= 0.3 is 0 Å². The monoisotopic (exact) mass is 424 g/mol.